The maximum Gasteiger partial charge on any atom is 0.416 e. The molecule has 2 aliphatic heterocycles. The number of anilines is 1. The summed E-state index contributed by atoms with van der Waals surface area (Å²) in [7, 11) is 0. The van der Waals surface area contributed by atoms with Gasteiger partial charge in [0.2, 0.25) is 11.8 Å². The lowest BCUT2D eigenvalue weighted by atomic mass is 10.1. The molecule has 0 atom stereocenters. The van der Waals surface area contributed by atoms with E-state index >= 15 is 0 Å². The molecule has 0 aliphatic carbocycles. The van der Waals surface area contributed by atoms with E-state index in [2.05, 4.69) is 5.32 Å². The molecule has 2 aliphatic rings. The quantitative estimate of drug-likeness (QED) is 0.471. The number of likely N-dealkylation sites (tertiary alicyclic amines) is 1. The van der Waals surface area contributed by atoms with Crippen LogP contribution in [0.3, 0.4) is 0 Å². The van der Waals surface area contributed by atoms with Crippen LogP contribution in [0.5, 0.6) is 0 Å². The Morgan fingerprint density at radius 2 is 1.56 bits per heavy atom. The van der Waals surface area contributed by atoms with Crippen molar-refractivity contribution in [1.29, 1.82) is 0 Å². The average molecular weight is 486 g/mol. The predicted octanol–water partition coefficient (Wildman–Crippen LogP) is 2.96. The van der Waals surface area contributed by atoms with Crippen molar-refractivity contribution in [2.24, 2.45) is 0 Å². The molecular weight excluding hydrogens is 455 g/mol. The molecule has 1 aromatic carbocycles. The SMILES string of the molecule is O=C(CCNc1ccc(C(F)(F)F)cc1[N+](=O)[O-])N1CCN(CC(=O)N2CCCCCC2)CC1. The Labute approximate surface area is 196 Å². The van der Waals surface area contributed by atoms with Crippen molar-refractivity contribution in [3.05, 3.63) is 33.9 Å². The minimum atomic E-state index is -4.68. The highest BCUT2D eigenvalue weighted by Crippen LogP contribution is 2.34. The van der Waals surface area contributed by atoms with Gasteiger partial charge in [-0.15, -0.1) is 0 Å². The summed E-state index contributed by atoms with van der Waals surface area (Å²) in [5, 5.41) is 13.9. The monoisotopic (exact) mass is 485 g/mol. The number of benzene rings is 1. The normalized spacial score (nSPS) is 17.9. The summed E-state index contributed by atoms with van der Waals surface area (Å²) in [4.78, 5) is 41.0. The molecule has 0 aromatic heterocycles. The molecule has 0 radical (unpaired) electrons. The van der Waals surface area contributed by atoms with Crippen LogP contribution >= 0.6 is 0 Å². The molecule has 188 valence electrons. The number of nitrogens with one attached hydrogen (secondary N) is 1. The second-order valence-corrected chi connectivity index (χ2v) is 8.62. The van der Waals surface area contributed by atoms with Crippen molar-refractivity contribution < 1.29 is 27.7 Å². The van der Waals surface area contributed by atoms with Crippen LogP contribution in [0.15, 0.2) is 18.2 Å². The van der Waals surface area contributed by atoms with Crippen LogP contribution in [-0.4, -0.2) is 83.8 Å². The van der Waals surface area contributed by atoms with Crippen molar-refractivity contribution in [2.45, 2.75) is 38.3 Å². The van der Waals surface area contributed by atoms with Gasteiger partial charge in [-0.1, -0.05) is 12.8 Å². The zero-order chi connectivity index (χ0) is 24.7. The first-order valence-electron chi connectivity index (χ1n) is 11.5. The molecular formula is C22H30F3N5O4. The van der Waals surface area contributed by atoms with E-state index in [4.69, 9.17) is 0 Å². The lowest BCUT2D eigenvalue weighted by Gasteiger charge is -2.35. The van der Waals surface area contributed by atoms with Gasteiger partial charge in [0.25, 0.3) is 5.69 Å². The highest BCUT2D eigenvalue weighted by molar-refractivity contribution is 5.79. The Morgan fingerprint density at radius 1 is 0.941 bits per heavy atom. The zero-order valence-electron chi connectivity index (χ0n) is 19.0. The number of carbonyl (C=O) groups is 2. The molecule has 12 heteroatoms. The van der Waals surface area contributed by atoms with Crippen LogP contribution in [-0.2, 0) is 15.8 Å². The second-order valence-electron chi connectivity index (χ2n) is 8.62. The Morgan fingerprint density at radius 3 is 2.15 bits per heavy atom. The van der Waals surface area contributed by atoms with Gasteiger partial charge in [0.15, 0.2) is 0 Å². The number of alkyl halides is 3. The molecule has 2 amide bonds. The summed E-state index contributed by atoms with van der Waals surface area (Å²) in [6.45, 7) is 4.15. The van der Waals surface area contributed by atoms with Gasteiger partial charge < -0.3 is 15.1 Å². The molecule has 1 aromatic rings. The largest absolute Gasteiger partial charge is 0.416 e. The van der Waals surface area contributed by atoms with Crippen molar-refractivity contribution in [3.8, 4) is 0 Å². The number of nitrogens with zero attached hydrogens (tertiary/aromatic N) is 4. The third-order valence-electron chi connectivity index (χ3n) is 6.22. The predicted molar refractivity (Wildman–Crippen MR) is 119 cm³/mol. The van der Waals surface area contributed by atoms with Crippen LogP contribution in [0.2, 0.25) is 0 Å². The number of nitro benzene ring substituents is 1. The molecule has 2 saturated heterocycles. The third kappa shape index (κ3) is 7.05. The Kier molecular flexibility index (Phi) is 8.70. The first kappa shape index (κ1) is 25.7. The van der Waals surface area contributed by atoms with E-state index in [1.54, 1.807) is 4.90 Å². The maximum absolute atomic E-state index is 12.8. The summed E-state index contributed by atoms with van der Waals surface area (Å²) >= 11 is 0. The van der Waals surface area contributed by atoms with Crippen molar-refractivity contribution in [2.75, 3.05) is 57.7 Å². The maximum atomic E-state index is 12.8. The van der Waals surface area contributed by atoms with Crippen LogP contribution in [0, 0.1) is 10.1 Å². The number of piperazine rings is 1. The van der Waals surface area contributed by atoms with E-state index in [0.717, 1.165) is 50.9 Å². The minimum absolute atomic E-state index is 0.0465. The Hall–Kier alpha value is -2.89. The van der Waals surface area contributed by atoms with Gasteiger partial charge in [0, 0.05) is 58.3 Å². The highest BCUT2D eigenvalue weighted by atomic mass is 19.4. The molecule has 2 fully saturated rings. The smallest absolute Gasteiger partial charge is 0.379 e. The lowest BCUT2D eigenvalue weighted by molar-refractivity contribution is -0.384. The van der Waals surface area contributed by atoms with E-state index in [1.807, 2.05) is 9.80 Å². The van der Waals surface area contributed by atoms with E-state index in [9.17, 15) is 32.9 Å². The van der Waals surface area contributed by atoms with Crippen molar-refractivity contribution >= 4 is 23.2 Å². The van der Waals surface area contributed by atoms with E-state index in [0.29, 0.717) is 38.8 Å². The van der Waals surface area contributed by atoms with E-state index in [-0.39, 0.29) is 30.5 Å². The fourth-order valence-corrected chi connectivity index (χ4v) is 4.24. The molecule has 34 heavy (non-hydrogen) atoms. The second kappa shape index (κ2) is 11.5. The summed E-state index contributed by atoms with van der Waals surface area (Å²) in [5.41, 5.74) is -1.86. The van der Waals surface area contributed by atoms with E-state index < -0.39 is 22.4 Å². The van der Waals surface area contributed by atoms with Crippen molar-refractivity contribution in [3.63, 3.8) is 0 Å². The summed E-state index contributed by atoms with van der Waals surface area (Å²) < 4.78 is 38.5. The van der Waals surface area contributed by atoms with Gasteiger partial charge in [-0.25, -0.2) is 0 Å². The molecule has 9 nitrogen and oxygen atoms in total. The first-order valence-corrected chi connectivity index (χ1v) is 11.5. The number of rotatable bonds is 7. The van der Waals surface area contributed by atoms with Gasteiger partial charge in [0.1, 0.15) is 5.69 Å². The number of halogens is 3. The topological polar surface area (TPSA) is 99.0 Å². The lowest BCUT2D eigenvalue weighted by Crippen LogP contribution is -2.51. The number of carbonyl (C=O) groups excluding carboxylic acids is 2. The highest BCUT2D eigenvalue weighted by Gasteiger charge is 2.33. The molecule has 0 unspecified atom stereocenters. The summed E-state index contributed by atoms with van der Waals surface area (Å²) in [5.74, 6) is -0.0235. The Bertz CT molecular complexity index is 880. The van der Waals surface area contributed by atoms with E-state index in [1.165, 1.54) is 0 Å². The summed E-state index contributed by atoms with van der Waals surface area (Å²) in [6, 6.07) is 2.26. The third-order valence-corrected chi connectivity index (χ3v) is 6.22. The number of hydrogen-bond donors (Lipinski definition) is 1. The van der Waals surface area contributed by atoms with Gasteiger partial charge >= 0.3 is 6.18 Å². The first-order chi connectivity index (χ1) is 16.1. The Balaban J connectivity index is 1.43. The van der Waals surface area contributed by atoms with Crippen LogP contribution in [0.4, 0.5) is 24.5 Å². The average Bonchev–Trinajstić information content (AvgIpc) is 3.08. The van der Waals surface area contributed by atoms with Crippen molar-refractivity contribution in [1.82, 2.24) is 14.7 Å². The van der Waals surface area contributed by atoms with Gasteiger partial charge in [-0.2, -0.15) is 13.2 Å². The van der Waals surface area contributed by atoms with Gasteiger partial charge in [-0.05, 0) is 25.0 Å². The van der Waals surface area contributed by atoms with Gasteiger partial charge in [0.05, 0.1) is 17.0 Å². The van der Waals surface area contributed by atoms with Gasteiger partial charge in [-0.3, -0.25) is 24.6 Å². The molecule has 2 heterocycles. The van der Waals surface area contributed by atoms with Crippen LogP contribution in [0.25, 0.3) is 0 Å². The zero-order valence-corrected chi connectivity index (χ0v) is 19.0. The number of amides is 2. The molecule has 3 rings (SSSR count). The standard InChI is InChI=1S/C22H30F3N5O4/c23-22(24,25)17-5-6-18(19(15-17)30(33)34)26-8-7-20(31)29-13-11-27(12-14-29)16-21(32)28-9-3-1-2-4-10-28/h5-6,15,26H,1-4,7-14,16H2. The molecule has 1 N–H and O–H groups in total. The number of hydrogen-bond acceptors (Lipinski definition) is 6. The molecule has 0 bridgehead atoms. The molecule has 0 saturated carbocycles. The van der Waals surface area contributed by atoms with Crippen LogP contribution in [0.1, 0.15) is 37.7 Å². The summed E-state index contributed by atoms with van der Waals surface area (Å²) in [6.07, 6.45) is -0.239. The molecule has 0 spiro atoms. The number of nitro groups is 1. The van der Waals surface area contributed by atoms with Crippen LogP contribution < -0.4 is 5.32 Å². The minimum Gasteiger partial charge on any atom is -0.379 e. The fraction of sp³-hybridized carbons (Fsp3) is 0.636. The fourth-order valence-electron chi connectivity index (χ4n) is 4.24.